The van der Waals surface area contributed by atoms with E-state index >= 15 is 0 Å². The molecule has 35 heavy (non-hydrogen) atoms. The number of hydrogen-bond acceptors (Lipinski definition) is 8. The van der Waals surface area contributed by atoms with E-state index in [0.717, 1.165) is 11.8 Å². The summed E-state index contributed by atoms with van der Waals surface area (Å²) in [7, 11) is 0. The van der Waals surface area contributed by atoms with Gasteiger partial charge in [0.05, 0.1) is 25.4 Å². The van der Waals surface area contributed by atoms with Gasteiger partial charge >= 0.3 is 12.3 Å². The standard InChI is InChI=1S/C10H11ClN2O.C7H3ClFN.C3H9NO.2CO2/c1-7(14)6-13-8-3-4-10(12-2)9(11)5-8;1-10-7-3-2-5(9)4-6(7)8;1-3(5)2-4;2*2-1-3/h3-5,7,13-14H,6H2,1H3;2-4H;3,5H,2,4H2,1H3;;/t7-;;3-;;/m0.0../s1. The lowest BCUT2D eigenvalue weighted by Gasteiger charge is -2.08. The first-order valence-corrected chi connectivity index (χ1v) is 10.0. The highest BCUT2D eigenvalue weighted by Gasteiger charge is 2.01. The van der Waals surface area contributed by atoms with Crippen molar-refractivity contribution in [3.8, 4) is 0 Å². The van der Waals surface area contributed by atoms with Gasteiger partial charge in [0.1, 0.15) is 5.82 Å². The van der Waals surface area contributed by atoms with Crippen molar-refractivity contribution in [2.75, 3.05) is 18.4 Å². The minimum absolute atomic E-state index is 0.162. The van der Waals surface area contributed by atoms with Crippen LogP contribution < -0.4 is 11.1 Å². The lowest BCUT2D eigenvalue weighted by Crippen LogP contribution is -2.15. The number of carbonyl (C=O) groups excluding carboxylic acids is 4. The number of aliphatic hydroxyl groups is 2. The fraction of sp³-hybridized carbons (Fsp3) is 0.273. The number of hydrogen-bond donors (Lipinski definition) is 4. The molecule has 0 saturated carbocycles. The van der Waals surface area contributed by atoms with Gasteiger partial charge in [0.15, 0.2) is 0 Å². The van der Waals surface area contributed by atoms with Crippen molar-refractivity contribution in [1.82, 2.24) is 0 Å². The Balaban J connectivity index is -0.000000424. The van der Waals surface area contributed by atoms with Crippen molar-refractivity contribution in [2.45, 2.75) is 26.1 Å². The molecule has 0 amide bonds. The summed E-state index contributed by atoms with van der Waals surface area (Å²) < 4.78 is 12.3. The van der Waals surface area contributed by atoms with Gasteiger partial charge in [-0.2, -0.15) is 19.2 Å². The Hall–Kier alpha value is -3.63. The fourth-order valence-corrected chi connectivity index (χ4v) is 1.98. The summed E-state index contributed by atoms with van der Waals surface area (Å²) in [4.78, 5) is 38.8. The lowest BCUT2D eigenvalue weighted by molar-refractivity contribution is -0.193. The Labute approximate surface area is 211 Å². The van der Waals surface area contributed by atoms with Gasteiger partial charge < -0.3 is 21.3 Å². The minimum Gasteiger partial charge on any atom is -0.392 e. The van der Waals surface area contributed by atoms with Crippen molar-refractivity contribution in [1.29, 1.82) is 0 Å². The zero-order valence-corrected chi connectivity index (χ0v) is 20.2. The summed E-state index contributed by atoms with van der Waals surface area (Å²) in [6, 6.07) is 8.78. The summed E-state index contributed by atoms with van der Waals surface area (Å²) in [6.07, 6.45) is -0.246. The molecular weight excluding hydrogens is 506 g/mol. The van der Waals surface area contributed by atoms with E-state index in [1.807, 2.05) is 0 Å². The molecule has 13 heteroatoms. The van der Waals surface area contributed by atoms with Crippen LogP contribution in [0.4, 0.5) is 21.5 Å². The molecule has 0 aliphatic carbocycles. The van der Waals surface area contributed by atoms with Crippen LogP contribution in [0.25, 0.3) is 9.69 Å². The third-order valence-electron chi connectivity index (χ3n) is 3.04. The van der Waals surface area contributed by atoms with Crippen LogP contribution in [0.3, 0.4) is 0 Å². The van der Waals surface area contributed by atoms with E-state index in [1.165, 1.54) is 12.1 Å². The first kappa shape index (κ1) is 35.9. The van der Waals surface area contributed by atoms with Gasteiger partial charge in [-0.25, -0.2) is 14.1 Å². The fourth-order valence-electron chi connectivity index (χ4n) is 1.55. The molecule has 2 aromatic carbocycles. The van der Waals surface area contributed by atoms with E-state index in [0.29, 0.717) is 23.8 Å². The molecule has 0 aliphatic rings. The van der Waals surface area contributed by atoms with Gasteiger partial charge in [-0.05, 0) is 38.1 Å². The average Bonchev–Trinajstić information content (AvgIpc) is 2.80. The Morgan fingerprint density at radius 1 is 0.943 bits per heavy atom. The van der Waals surface area contributed by atoms with Crippen LogP contribution in [0.15, 0.2) is 36.4 Å². The third-order valence-corrected chi connectivity index (χ3v) is 3.65. The van der Waals surface area contributed by atoms with Crippen LogP contribution in [-0.2, 0) is 19.2 Å². The number of benzene rings is 2. The van der Waals surface area contributed by atoms with Crippen LogP contribution in [0, 0.1) is 19.0 Å². The Morgan fingerprint density at radius 3 is 1.66 bits per heavy atom. The molecule has 0 bridgehead atoms. The average molecular weight is 529 g/mol. The van der Waals surface area contributed by atoms with Gasteiger partial charge in [-0.3, -0.25) is 0 Å². The topological polar surface area (TPSA) is 156 Å². The zero-order valence-electron chi connectivity index (χ0n) is 18.7. The number of rotatable bonds is 4. The molecule has 10 nitrogen and oxygen atoms in total. The molecule has 188 valence electrons. The Kier molecular flexibility index (Phi) is 24.2. The van der Waals surface area contributed by atoms with E-state index < -0.39 is 11.9 Å². The lowest BCUT2D eigenvalue weighted by atomic mass is 10.2. The first-order valence-electron chi connectivity index (χ1n) is 9.25. The molecule has 0 radical (unpaired) electrons. The predicted molar refractivity (Wildman–Crippen MR) is 126 cm³/mol. The molecule has 2 aromatic rings. The molecule has 2 rings (SSSR count). The second-order valence-corrected chi connectivity index (χ2v) is 6.78. The zero-order chi connectivity index (χ0) is 27.8. The molecule has 2 atom stereocenters. The van der Waals surface area contributed by atoms with Crippen LogP contribution in [0.2, 0.25) is 10.0 Å². The maximum Gasteiger partial charge on any atom is 0.373 e. The van der Waals surface area contributed by atoms with Crippen LogP contribution in [-0.4, -0.2) is 47.8 Å². The highest BCUT2D eigenvalue weighted by Crippen LogP contribution is 2.27. The molecule has 0 aliphatic heterocycles. The predicted octanol–water partition coefficient (Wildman–Crippen LogP) is 3.87. The van der Waals surface area contributed by atoms with Crippen molar-refractivity contribution >= 4 is 52.6 Å². The SMILES string of the molecule is C[C@H](O)CN.O=C=O.O=C=O.[C-]#[N+]c1ccc(F)cc1Cl.[C-]#[N+]c1ccc(NC[C@H](C)O)cc1Cl. The third kappa shape index (κ3) is 22.0. The number of nitrogens with zero attached hydrogens (tertiary/aromatic N) is 2. The first-order chi connectivity index (χ1) is 16.5. The van der Waals surface area contributed by atoms with Gasteiger partial charge in [0.25, 0.3) is 0 Å². The van der Waals surface area contributed by atoms with Crippen LogP contribution in [0.1, 0.15) is 13.8 Å². The molecule has 0 unspecified atom stereocenters. The van der Waals surface area contributed by atoms with Crippen molar-refractivity contribution in [2.24, 2.45) is 5.73 Å². The molecule has 0 spiro atoms. The number of aliphatic hydroxyl groups excluding tert-OH is 2. The molecule has 0 aromatic heterocycles. The van der Waals surface area contributed by atoms with Crippen molar-refractivity contribution in [3.63, 3.8) is 0 Å². The van der Waals surface area contributed by atoms with E-state index in [2.05, 4.69) is 15.0 Å². The van der Waals surface area contributed by atoms with Gasteiger partial charge in [-0.1, -0.05) is 35.3 Å². The van der Waals surface area contributed by atoms with Gasteiger partial charge in [-0.15, -0.1) is 0 Å². The van der Waals surface area contributed by atoms with Crippen LogP contribution in [0.5, 0.6) is 0 Å². The number of halogens is 3. The number of nitrogens with two attached hydrogens (primary N) is 1. The largest absolute Gasteiger partial charge is 0.392 e. The van der Waals surface area contributed by atoms with Crippen molar-refractivity contribution < 1.29 is 33.8 Å². The van der Waals surface area contributed by atoms with E-state index in [9.17, 15) is 4.39 Å². The molecule has 0 heterocycles. The van der Waals surface area contributed by atoms with Crippen molar-refractivity contribution in [3.05, 3.63) is 75.1 Å². The quantitative estimate of drug-likeness (QED) is 0.435. The Bertz CT molecular complexity index is 1020. The highest BCUT2D eigenvalue weighted by molar-refractivity contribution is 6.33. The number of nitrogens with one attached hydrogen (secondary N) is 1. The normalized spacial score (nSPS) is 9.89. The summed E-state index contributed by atoms with van der Waals surface area (Å²) in [5, 5.41) is 20.9. The summed E-state index contributed by atoms with van der Waals surface area (Å²) in [5.41, 5.74) is 6.45. The van der Waals surface area contributed by atoms with Gasteiger partial charge in [0, 0.05) is 28.8 Å². The van der Waals surface area contributed by atoms with Gasteiger partial charge in [0.2, 0.25) is 11.4 Å². The maximum absolute atomic E-state index is 12.3. The highest BCUT2D eigenvalue weighted by atomic mass is 35.5. The molecular formula is C22H23Cl2FN4O6. The smallest absolute Gasteiger partial charge is 0.373 e. The van der Waals surface area contributed by atoms with Crippen LogP contribution >= 0.6 is 23.2 Å². The van der Waals surface area contributed by atoms with E-state index in [-0.39, 0.29) is 29.1 Å². The molecule has 0 fully saturated rings. The summed E-state index contributed by atoms with van der Waals surface area (Å²) in [6.45, 7) is 17.6. The maximum atomic E-state index is 12.3. The van der Waals surface area contributed by atoms with E-state index in [1.54, 1.807) is 32.0 Å². The molecule has 5 N–H and O–H groups in total. The Morgan fingerprint density at radius 2 is 1.34 bits per heavy atom. The second-order valence-electron chi connectivity index (χ2n) is 5.97. The number of anilines is 1. The summed E-state index contributed by atoms with van der Waals surface area (Å²) in [5.74, 6) is -0.419. The molecule has 0 saturated heterocycles. The van der Waals surface area contributed by atoms with E-state index in [4.69, 9.17) is 71.5 Å². The monoisotopic (exact) mass is 528 g/mol. The second kappa shape index (κ2) is 23.5. The minimum atomic E-state index is -0.419. The summed E-state index contributed by atoms with van der Waals surface area (Å²) >= 11 is 11.3.